The summed E-state index contributed by atoms with van der Waals surface area (Å²) in [7, 11) is 0. The topological polar surface area (TPSA) is 80.3 Å². The minimum absolute atomic E-state index is 0.161. The lowest BCUT2D eigenvalue weighted by atomic mass is 10.0. The van der Waals surface area contributed by atoms with Crippen molar-refractivity contribution < 1.29 is 13.6 Å². The van der Waals surface area contributed by atoms with Crippen LogP contribution in [-0.4, -0.2) is 16.0 Å². The number of amides is 1. The fourth-order valence-corrected chi connectivity index (χ4v) is 3.48. The van der Waals surface area contributed by atoms with Crippen LogP contribution in [-0.2, 0) is 0 Å². The fraction of sp³-hybridized carbons (Fsp3) is 0. The van der Waals surface area contributed by atoms with Crippen LogP contribution in [0.5, 0.6) is 0 Å². The second kappa shape index (κ2) is 7.46. The van der Waals surface area contributed by atoms with Crippen molar-refractivity contribution in [2.45, 2.75) is 0 Å². The monoisotopic (exact) mass is 413 g/mol. The number of nitrogens with zero attached hydrogens (tertiary/aromatic N) is 1. The van der Waals surface area contributed by atoms with Gasteiger partial charge in [0.25, 0.3) is 5.91 Å². The Morgan fingerprint density at radius 1 is 0.967 bits per heavy atom. The maximum absolute atomic E-state index is 12.0. The van der Waals surface area contributed by atoms with Crippen molar-refractivity contribution >= 4 is 50.8 Å². The highest BCUT2D eigenvalue weighted by Gasteiger charge is 2.13. The molecule has 0 spiro atoms. The maximum Gasteiger partial charge on any atom is 0.293 e. The van der Waals surface area contributed by atoms with E-state index in [1.54, 1.807) is 12.1 Å². The normalized spacial score (nSPS) is 10.9. The lowest BCUT2D eigenvalue weighted by Crippen LogP contribution is -2.33. The highest BCUT2D eigenvalue weighted by atomic mass is 32.1. The van der Waals surface area contributed by atoms with Crippen molar-refractivity contribution in [2.75, 3.05) is 5.32 Å². The molecule has 3 aromatic carbocycles. The van der Waals surface area contributed by atoms with Crippen LogP contribution in [0.1, 0.15) is 10.6 Å². The van der Waals surface area contributed by atoms with E-state index >= 15 is 0 Å². The second-order valence-corrected chi connectivity index (χ2v) is 7.02. The Labute approximate surface area is 176 Å². The fourth-order valence-electron chi connectivity index (χ4n) is 3.27. The van der Waals surface area contributed by atoms with Crippen LogP contribution >= 0.6 is 12.2 Å². The molecule has 0 radical (unpaired) electrons. The van der Waals surface area contributed by atoms with Gasteiger partial charge in [0.2, 0.25) is 5.89 Å². The van der Waals surface area contributed by atoms with Crippen LogP contribution in [0.2, 0.25) is 0 Å². The largest absolute Gasteiger partial charge is 0.459 e. The van der Waals surface area contributed by atoms with Crippen molar-refractivity contribution in [3.05, 3.63) is 84.8 Å². The molecule has 2 heterocycles. The van der Waals surface area contributed by atoms with E-state index in [1.807, 2.05) is 48.5 Å². The Hall–Kier alpha value is -3.97. The first kappa shape index (κ1) is 18.1. The third-order valence-corrected chi connectivity index (χ3v) is 4.84. The molecular weight excluding hydrogens is 398 g/mol. The minimum Gasteiger partial charge on any atom is -0.459 e. The summed E-state index contributed by atoms with van der Waals surface area (Å²) in [5.74, 6) is 0.316. The average Bonchev–Trinajstić information content (AvgIpc) is 3.43. The number of anilines is 1. The molecule has 0 unspecified atom stereocenters. The first-order chi connectivity index (χ1) is 14.7. The number of aromatic nitrogens is 1. The number of thiocarbonyl (C=S) groups is 1. The van der Waals surface area contributed by atoms with Crippen LogP contribution < -0.4 is 10.6 Å². The number of carbonyl (C=O) groups is 1. The van der Waals surface area contributed by atoms with Gasteiger partial charge in [-0.1, -0.05) is 36.4 Å². The Balaban J connectivity index is 1.40. The van der Waals surface area contributed by atoms with Gasteiger partial charge in [0.05, 0.1) is 6.26 Å². The van der Waals surface area contributed by atoms with Crippen molar-refractivity contribution in [3.8, 4) is 11.5 Å². The van der Waals surface area contributed by atoms with Crippen molar-refractivity contribution in [3.63, 3.8) is 0 Å². The van der Waals surface area contributed by atoms with Gasteiger partial charge in [-0.25, -0.2) is 4.98 Å². The van der Waals surface area contributed by atoms with Gasteiger partial charge < -0.3 is 14.2 Å². The zero-order chi connectivity index (χ0) is 20.5. The molecule has 7 heteroatoms. The Morgan fingerprint density at radius 2 is 1.83 bits per heavy atom. The van der Waals surface area contributed by atoms with E-state index in [4.69, 9.17) is 21.1 Å². The van der Waals surface area contributed by atoms with Gasteiger partial charge in [0, 0.05) is 11.3 Å². The number of hydrogen-bond donors (Lipinski definition) is 2. The van der Waals surface area contributed by atoms with Gasteiger partial charge in [0.15, 0.2) is 16.5 Å². The summed E-state index contributed by atoms with van der Waals surface area (Å²) in [4.78, 5) is 16.7. The zero-order valence-electron chi connectivity index (χ0n) is 15.6. The van der Waals surface area contributed by atoms with Gasteiger partial charge in [-0.15, -0.1) is 0 Å². The van der Waals surface area contributed by atoms with Crippen LogP contribution in [0.15, 0.2) is 87.9 Å². The summed E-state index contributed by atoms with van der Waals surface area (Å²) in [6, 6.07) is 22.8. The first-order valence-electron chi connectivity index (χ1n) is 9.22. The van der Waals surface area contributed by atoms with Gasteiger partial charge in [-0.05, 0) is 59.4 Å². The molecule has 5 aromatic rings. The van der Waals surface area contributed by atoms with Crippen LogP contribution in [0.3, 0.4) is 0 Å². The van der Waals surface area contributed by atoms with Crippen LogP contribution in [0.25, 0.3) is 33.3 Å². The molecule has 30 heavy (non-hydrogen) atoms. The van der Waals surface area contributed by atoms with E-state index in [9.17, 15) is 4.79 Å². The molecule has 0 aliphatic rings. The number of fused-ring (bicyclic) bond motifs is 2. The number of oxazole rings is 1. The summed E-state index contributed by atoms with van der Waals surface area (Å²) in [5.41, 5.74) is 2.96. The van der Waals surface area contributed by atoms with Gasteiger partial charge in [-0.2, -0.15) is 0 Å². The Morgan fingerprint density at radius 3 is 2.70 bits per heavy atom. The van der Waals surface area contributed by atoms with Gasteiger partial charge in [-0.3, -0.25) is 10.1 Å². The molecule has 2 N–H and O–H groups in total. The second-order valence-electron chi connectivity index (χ2n) is 6.61. The molecule has 0 aliphatic carbocycles. The molecule has 2 aromatic heterocycles. The molecular formula is C23H15N3O3S. The molecule has 0 bridgehead atoms. The summed E-state index contributed by atoms with van der Waals surface area (Å²) in [5, 5.41) is 7.91. The molecule has 1 amide bonds. The van der Waals surface area contributed by atoms with E-state index < -0.39 is 5.91 Å². The highest BCUT2D eigenvalue weighted by Crippen LogP contribution is 2.31. The van der Waals surface area contributed by atoms with Crippen molar-refractivity contribution in [1.29, 1.82) is 0 Å². The van der Waals surface area contributed by atoms with E-state index in [2.05, 4.69) is 27.8 Å². The third kappa shape index (κ3) is 3.42. The number of hydrogen-bond acceptors (Lipinski definition) is 5. The van der Waals surface area contributed by atoms with E-state index in [1.165, 1.54) is 6.26 Å². The highest BCUT2D eigenvalue weighted by molar-refractivity contribution is 7.80. The van der Waals surface area contributed by atoms with Crippen LogP contribution in [0.4, 0.5) is 5.69 Å². The van der Waals surface area contributed by atoms with Gasteiger partial charge in [0.1, 0.15) is 5.52 Å². The van der Waals surface area contributed by atoms with Crippen molar-refractivity contribution in [1.82, 2.24) is 10.3 Å². The predicted molar refractivity (Wildman–Crippen MR) is 119 cm³/mol. The summed E-state index contributed by atoms with van der Waals surface area (Å²) >= 11 is 5.22. The number of benzene rings is 3. The Kier molecular flexibility index (Phi) is 4.49. The predicted octanol–water partition coefficient (Wildman–Crippen LogP) is 5.37. The summed E-state index contributed by atoms with van der Waals surface area (Å²) in [6.45, 7) is 0. The van der Waals surface area contributed by atoms with Gasteiger partial charge >= 0.3 is 0 Å². The molecule has 6 nitrogen and oxygen atoms in total. The lowest BCUT2D eigenvalue weighted by Gasteiger charge is -2.08. The summed E-state index contributed by atoms with van der Waals surface area (Å²) in [6.07, 6.45) is 1.43. The zero-order valence-corrected chi connectivity index (χ0v) is 16.4. The quantitative estimate of drug-likeness (QED) is 0.387. The van der Waals surface area contributed by atoms with E-state index in [0.29, 0.717) is 22.7 Å². The number of furan rings is 1. The lowest BCUT2D eigenvalue weighted by molar-refractivity contribution is 0.0950. The maximum atomic E-state index is 12.0. The first-order valence-corrected chi connectivity index (χ1v) is 9.63. The van der Waals surface area contributed by atoms with E-state index in [0.717, 1.165) is 16.3 Å². The number of rotatable bonds is 3. The smallest absolute Gasteiger partial charge is 0.293 e. The van der Waals surface area contributed by atoms with E-state index in [-0.39, 0.29) is 10.9 Å². The molecule has 0 aliphatic heterocycles. The third-order valence-electron chi connectivity index (χ3n) is 4.64. The van der Waals surface area contributed by atoms with Crippen LogP contribution in [0, 0.1) is 0 Å². The standard InChI is InChI=1S/C23H15N3O3S/c27-21(20-9-4-12-28-20)26-23(30)24-15-10-11-19-18(13-15)25-22(29-19)17-8-3-6-14-5-1-2-7-16(14)17/h1-13H,(H2,24,26,27,30). The minimum atomic E-state index is -0.418. The molecule has 0 saturated heterocycles. The molecule has 0 fully saturated rings. The molecule has 0 atom stereocenters. The molecule has 5 rings (SSSR count). The molecule has 0 saturated carbocycles. The number of nitrogens with one attached hydrogen (secondary N) is 2. The molecule has 146 valence electrons. The Bertz CT molecular complexity index is 1380. The van der Waals surface area contributed by atoms with Crippen molar-refractivity contribution in [2.24, 2.45) is 0 Å². The average molecular weight is 413 g/mol. The SMILES string of the molecule is O=C(NC(=S)Nc1ccc2oc(-c3cccc4ccccc34)nc2c1)c1ccco1. The summed E-state index contributed by atoms with van der Waals surface area (Å²) < 4.78 is 11.0. The number of carbonyl (C=O) groups excluding carboxylic acids is 1.